The van der Waals surface area contributed by atoms with E-state index in [1.807, 2.05) is 18.7 Å². The van der Waals surface area contributed by atoms with E-state index >= 15 is 0 Å². The summed E-state index contributed by atoms with van der Waals surface area (Å²) in [6.07, 6.45) is 0.140. The van der Waals surface area contributed by atoms with Crippen LogP contribution in [0.15, 0.2) is 29.2 Å². The van der Waals surface area contributed by atoms with E-state index in [4.69, 9.17) is 4.74 Å². The van der Waals surface area contributed by atoms with Gasteiger partial charge in [0.2, 0.25) is 5.91 Å². The molecule has 0 aromatic heterocycles. The largest absolute Gasteiger partial charge is 0.373 e. The Kier molecular flexibility index (Phi) is 6.31. The van der Waals surface area contributed by atoms with E-state index < -0.39 is 15.7 Å². The summed E-state index contributed by atoms with van der Waals surface area (Å²) in [5, 5.41) is 2.62. The lowest BCUT2D eigenvalue weighted by Crippen LogP contribution is -2.49. The highest BCUT2D eigenvalue weighted by atomic mass is 32.2. The van der Waals surface area contributed by atoms with Gasteiger partial charge in [-0.15, -0.1) is 0 Å². The number of carbonyl (C=O) groups excluding carboxylic acids is 1. The van der Waals surface area contributed by atoms with E-state index in [9.17, 15) is 17.6 Å². The van der Waals surface area contributed by atoms with Crippen LogP contribution in [-0.4, -0.2) is 63.4 Å². The monoisotopic (exact) mass is 358 g/mol. The minimum Gasteiger partial charge on any atom is -0.373 e. The second-order valence-corrected chi connectivity index (χ2v) is 8.18. The topological polar surface area (TPSA) is 75.7 Å². The van der Waals surface area contributed by atoms with Crippen molar-refractivity contribution >= 4 is 15.7 Å². The van der Waals surface area contributed by atoms with Crippen LogP contribution < -0.4 is 5.32 Å². The highest BCUT2D eigenvalue weighted by Crippen LogP contribution is 2.12. The Morgan fingerprint density at radius 3 is 2.42 bits per heavy atom. The van der Waals surface area contributed by atoms with Crippen molar-refractivity contribution < 1.29 is 22.3 Å². The lowest BCUT2D eigenvalue weighted by Gasteiger charge is -2.34. The fraction of sp³-hybridized carbons (Fsp3) is 0.562. The summed E-state index contributed by atoms with van der Waals surface area (Å²) in [5.41, 5.74) is 0. The molecule has 1 aromatic rings. The molecule has 0 bridgehead atoms. The summed E-state index contributed by atoms with van der Waals surface area (Å²) >= 11 is 0. The molecule has 0 spiro atoms. The molecule has 1 aromatic carbocycles. The smallest absolute Gasteiger partial charge is 0.234 e. The number of rotatable bonds is 6. The number of carbonyl (C=O) groups is 1. The Hall–Kier alpha value is -1.51. The maximum absolute atomic E-state index is 12.8. The first kappa shape index (κ1) is 18.8. The Balaban J connectivity index is 1.78. The fourth-order valence-corrected chi connectivity index (χ4v) is 3.91. The van der Waals surface area contributed by atoms with Crippen molar-refractivity contribution in [3.8, 4) is 0 Å². The van der Waals surface area contributed by atoms with E-state index in [0.29, 0.717) is 13.1 Å². The number of sulfone groups is 1. The maximum Gasteiger partial charge on any atom is 0.234 e. The third-order valence-electron chi connectivity index (χ3n) is 3.73. The summed E-state index contributed by atoms with van der Waals surface area (Å²) < 4.78 is 42.6. The zero-order chi connectivity index (χ0) is 17.7. The van der Waals surface area contributed by atoms with Gasteiger partial charge in [-0.1, -0.05) is 0 Å². The minimum absolute atomic E-state index is 0.0218. The molecule has 0 aliphatic carbocycles. The van der Waals surface area contributed by atoms with Gasteiger partial charge in [0.1, 0.15) is 5.82 Å². The first-order chi connectivity index (χ1) is 11.3. The third-order valence-corrected chi connectivity index (χ3v) is 5.46. The molecule has 1 saturated heterocycles. The van der Waals surface area contributed by atoms with Crippen LogP contribution in [0.3, 0.4) is 0 Å². The van der Waals surface area contributed by atoms with Crippen molar-refractivity contribution in [2.24, 2.45) is 0 Å². The quantitative estimate of drug-likeness (QED) is 0.762. The first-order valence-corrected chi connectivity index (χ1v) is 9.54. The Labute approximate surface area is 141 Å². The van der Waals surface area contributed by atoms with Crippen LogP contribution in [0.4, 0.5) is 4.39 Å². The summed E-state index contributed by atoms with van der Waals surface area (Å²) in [7, 11) is -3.54. The SMILES string of the molecule is CC1CN(CC(=O)NCCS(=O)(=O)c2ccc(F)cc2)CC(C)O1. The molecule has 2 atom stereocenters. The molecule has 134 valence electrons. The van der Waals surface area contributed by atoms with Crippen LogP contribution in [0, 0.1) is 5.82 Å². The normalized spacial score (nSPS) is 22.3. The number of hydrogen-bond acceptors (Lipinski definition) is 5. The third kappa shape index (κ3) is 5.54. The Morgan fingerprint density at radius 2 is 1.83 bits per heavy atom. The van der Waals surface area contributed by atoms with E-state index in [-0.39, 0.29) is 41.9 Å². The number of ether oxygens (including phenoxy) is 1. The molecule has 24 heavy (non-hydrogen) atoms. The highest BCUT2D eigenvalue weighted by Gasteiger charge is 2.23. The molecule has 8 heteroatoms. The van der Waals surface area contributed by atoms with Crippen molar-refractivity contribution in [2.45, 2.75) is 31.0 Å². The van der Waals surface area contributed by atoms with Crippen molar-refractivity contribution in [3.05, 3.63) is 30.1 Å². The molecule has 1 aliphatic rings. The van der Waals surface area contributed by atoms with Gasteiger partial charge in [-0.05, 0) is 38.1 Å². The van der Waals surface area contributed by atoms with Crippen LogP contribution >= 0.6 is 0 Å². The van der Waals surface area contributed by atoms with Crippen molar-refractivity contribution in [1.82, 2.24) is 10.2 Å². The van der Waals surface area contributed by atoms with Gasteiger partial charge in [-0.3, -0.25) is 9.69 Å². The van der Waals surface area contributed by atoms with Crippen molar-refractivity contribution in [2.75, 3.05) is 31.9 Å². The average Bonchev–Trinajstić information content (AvgIpc) is 2.46. The minimum atomic E-state index is -3.54. The molecule has 2 rings (SSSR count). The fourth-order valence-electron chi connectivity index (χ4n) is 2.76. The molecule has 1 aliphatic heterocycles. The maximum atomic E-state index is 12.8. The molecule has 1 N–H and O–H groups in total. The van der Waals surface area contributed by atoms with Gasteiger partial charge in [0.05, 0.1) is 29.4 Å². The summed E-state index contributed by atoms with van der Waals surface area (Å²) in [4.78, 5) is 14.0. The van der Waals surface area contributed by atoms with Gasteiger partial charge in [0.15, 0.2) is 9.84 Å². The second kappa shape index (κ2) is 8.04. The lowest BCUT2D eigenvalue weighted by atomic mass is 10.2. The summed E-state index contributed by atoms with van der Waals surface area (Å²) in [6.45, 7) is 5.49. The van der Waals surface area contributed by atoms with Crippen LogP contribution in [-0.2, 0) is 19.4 Å². The number of hydrogen-bond donors (Lipinski definition) is 1. The van der Waals surface area contributed by atoms with Crippen molar-refractivity contribution in [3.63, 3.8) is 0 Å². The zero-order valence-electron chi connectivity index (χ0n) is 13.9. The summed E-state index contributed by atoms with van der Waals surface area (Å²) in [6, 6.07) is 4.66. The molecule has 6 nitrogen and oxygen atoms in total. The molecule has 1 heterocycles. The Morgan fingerprint density at radius 1 is 1.25 bits per heavy atom. The van der Waals surface area contributed by atoms with Gasteiger partial charge in [0, 0.05) is 19.6 Å². The molecule has 0 saturated carbocycles. The van der Waals surface area contributed by atoms with E-state index in [1.165, 1.54) is 12.1 Å². The van der Waals surface area contributed by atoms with Gasteiger partial charge < -0.3 is 10.1 Å². The van der Waals surface area contributed by atoms with Gasteiger partial charge in [0.25, 0.3) is 0 Å². The number of amides is 1. The molecular formula is C16H23FN2O4S. The van der Waals surface area contributed by atoms with Crippen LogP contribution in [0.5, 0.6) is 0 Å². The van der Waals surface area contributed by atoms with Gasteiger partial charge in [-0.25, -0.2) is 12.8 Å². The van der Waals surface area contributed by atoms with E-state index in [1.54, 1.807) is 0 Å². The Bertz CT molecular complexity index is 653. The average molecular weight is 358 g/mol. The van der Waals surface area contributed by atoms with Crippen LogP contribution in [0.25, 0.3) is 0 Å². The van der Waals surface area contributed by atoms with Crippen molar-refractivity contribution in [1.29, 1.82) is 0 Å². The number of nitrogens with zero attached hydrogens (tertiary/aromatic N) is 1. The zero-order valence-corrected chi connectivity index (χ0v) is 14.7. The number of nitrogens with one attached hydrogen (secondary N) is 1. The predicted molar refractivity (Wildman–Crippen MR) is 87.9 cm³/mol. The van der Waals surface area contributed by atoms with E-state index in [2.05, 4.69) is 5.32 Å². The van der Waals surface area contributed by atoms with E-state index in [0.717, 1.165) is 12.1 Å². The van der Waals surface area contributed by atoms with Gasteiger partial charge >= 0.3 is 0 Å². The number of halogens is 1. The summed E-state index contributed by atoms with van der Waals surface area (Å²) in [5.74, 6) is -0.929. The standard InChI is InChI=1S/C16H23FN2O4S/c1-12-9-19(10-13(2)23-12)11-16(20)18-7-8-24(21,22)15-5-3-14(17)4-6-15/h3-6,12-13H,7-11H2,1-2H3,(H,18,20). The van der Waals surface area contributed by atoms with Gasteiger partial charge in [-0.2, -0.15) is 0 Å². The first-order valence-electron chi connectivity index (χ1n) is 7.89. The van der Waals surface area contributed by atoms with Crippen LogP contribution in [0.2, 0.25) is 0 Å². The molecule has 2 unspecified atom stereocenters. The second-order valence-electron chi connectivity index (χ2n) is 6.07. The number of benzene rings is 1. The predicted octanol–water partition coefficient (Wildman–Crippen LogP) is 0.825. The lowest BCUT2D eigenvalue weighted by molar-refractivity contribution is -0.125. The molecule has 1 fully saturated rings. The number of morpholine rings is 1. The molecule has 1 amide bonds. The highest BCUT2D eigenvalue weighted by molar-refractivity contribution is 7.91. The molecule has 0 radical (unpaired) electrons. The van der Waals surface area contributed by atoms with Crippen LogP contribution in [0.1, 0.15) is 13.8 Å². The molecular weight excluding hydrogens is 335 g/mol.